The van der Waals surface area contributed by atoms with Crippen LogP contribution in [0.15, 0.2) is 23.1 Å². The van der Waals surface area contributed by atoms with Gasteiger partial charge in [0.15, 0.2) is 0 Å². The van der Waals surface area contributed by atoms with Crippen LogP contribution in [0.1, 0.15) is 44.2 Å². The molecule has 0 amide bonds. The van der Waals surface area contributed by atoms with Gasteiger partial charge in [-0.2, -0.15) is 0 Å². The molecule has 1 nitrogen and oxygen atoms in total. The predicted octanol–water partition coefficient (Wildman–Crippen LogP) is 3.88. The summed E-state index contributed by atoms with van der Waals surface area (Å²) in [4.78, 5) is 1.03. The third kappa shape index (κ3) is 2.58. The summed E-state index contributed by atoms with van der Waals surface area (Å²) in [6.07, 6.45) is 5.11. The van der Waals surface area contributed by atoms with Crippen molar-refractivity contribution >= 4 is 11.8 Å². The average Bonchev–Trinajstić information content (AvgIpc) is 2.70. The largest absolute Gasteiger partial charge is 0.324 e. The molecule has 0 radical (unpaired) electrons. The highest BCUT2D eigenvalue weighted by atomic mass is 32.2. The lowest BCUT2D eigenvalue weighted by Gasteiger charge is -2.16. The molecule has 0 aliphatic heterocycles. The number of benzene rings is 1. The van der Waals surface area contributed by atoms with Crippen LogP contribution in [0.3, 0.4) is 0 Å². The van der Waals surface area contributed by atoms with E-state index in [1.807, 2.05) is 13.0 Å². The lowest BCUT2D eigenvalue weighted by Crippen LogP contribution is -2.10. The van der Waals surface area contributed by atoms with Gasteiger partial charge in [0, 0.05) is 21.8 Å². The molecule has 0 aromatic heterocycles. The van der Waals surface area contributed by atoms with E-state index < -0.39 is 0 Å². The molecule has 88 valence electrons. The third-order valence-electron chi connectivity index (χ3n) is 3.06. The van der Waals surface area contributed by atoms with Crippen molar-refractivity contribution in [3.63, 3.8) is 0 Å². The molecule has 1 fully saturated rings. The molecule has 1 aliphatic carbocycles. The maximum atomic E-state index is 13.7. The Labute approximate surface area is 101 Å². The number of halogens is 1. The molecule has 0 saturated heterocycles. The predicted molar refractivity (Wildman–Crippen MR) is 67.1 cm³/mol. The van der Waals surface area contributed by atoms with Crippen LogP contribution in [0, 0.1) is 5.82 Å². The Bertz CT molecular complexity index is 359. The number of hydrogen-bond donors (Lipinski definition) is 1. The fourth-order valence-corrected chi connectivity index (χ4v) is 3.74. The number of nitrogens with two attached hydrogens (primary N) is 1. The van der Waals surface area contributed by atoms with Crippen LogP contribution in [-0.2, 0) is 0 Å². The van der Waals surface area contributed by atoms with Crippen molar-refractivity contribution in [3.8, 4) is 0 Å². The van der Waals surface area contributed by atoms with E-state index in [0.717, 1.165) is 4.90 Å². The van der Waals surface area contributed by atoms with E-state index in [9.17, 15) is 4.39 Å². The smallest absolute Gasteiger partial charge is 0.129 e. The van der Waals surface area contributed by atoms with Crippen LogP contribution in [0.2, 0.25) is 0 Å². The van der Waals surface area contributed by atoms with E-state index in [1.54, 1.807) is 17.8 Å². The van der Waals surface area contributed by atoms with Crippen LogP contribution in [0.5, 0.6) is 0 Å². The Morgan fingerprint density at radius 3 is 2.69 bits per heavy atom. The first-order chi connectivity index (χ1) is 7.68. The van der Waals surface area contributed by atoms with Gasteiger partial charge in [-0.1, -0.05) is 18.9 Å². The minimum absolute atomic E-state index is 0.169. The standard InChI is InChI=1S/C13H18FNS/c1-9(15)13-11(14)7-4-8-12(13)16-10-5-2-3-6-10/h4,7-10H,2-3,5-6,15H2,1H3/t9-/m0/s1. The van der Waals surface area contributed by atoms with Gasteiger partial charge in [-0.15, -0.1) is 11.8 Å². The zero-order valence-electron chi connectivity index (χ0n) is 9.58. The summed E-state index contributed by atoms with van der Waals surface area (Å²) < 4.78 is 13.7. The summed E-state index contributed by atoms with van der Waals surface area (Å²) in [6.45, 7) is 1.84. The topological polar surface area (TPSA) is 26.0 Å². The SMILES string of the molecule is C[C@H](N)c1c(F)cccc1SC1CCCC1. The Hall–Kier alpha value is -0.540. The first kappa shape index (κ1) is 11.9. The van der Waals surface area contributed by atoms with Crippen LogP contribution < -0.4 is 5.73 Å². The van der Waals surface area contributed by atoms with E-state index in [4.69, 9.17) is 5.73 Å². The van der Waals surface area contributed by atoms with Crippen molar-refractivity contribution in [2.45, 2.75) is 48.8 Å². The maximum Gasteiger partial charge on any atom is 0.129 e. The second-order valence-corrected chi connectivity index (χ2v) is 5.81. The van der Waals surface area contributed by atoms with Gasteiger partial charge in [-0.25, -0.2) is 4.39 Å². The van der Waals surface area contributed by atoms with Crippen molar-refractivity contribution in [2.24, 2.45) is 5.73 Å². The van der Waals surface area contributed by atoms with Gasteiger partial charge in [-0.3, -0.25) is 0 Å². The molecule has 0 bridgehead atoms. The van der Waals surface area contributed by atoms with E-state index in [0.29, 0.717) is 10.8 Å². The lowest BCUT2D eigenvalue weighted by atomic mass is 10.1. The monoisotopic (exact) mass is 239 g/mol. The number of thioether (sulfide) groups is 1. The lowest BCUT2D eigenvalue weighted by molar-refractivity contribution is 0.585. The molecule has 16 heavy (non-hydrogen) atoms. The van der Waals surface area contributed by atoms with Gasteiger partial charge >= 0.3 is 0 Å². The van der Waals surface area contributed by atoms with E-state index >= 15 is 0 Å². The Kier molecular flexibility index (Phi) is 3.87. The second kappa shape index (κ2) is 5.19. The Balaban J connectivity index is 2.21. The molecule has 1 saturated carbocycles. The van der Waals surface area contributed by atoms with E-state index in [2.05, 4.69) is 0 Å². The van der Waals surface area contributed by atoms with Gasteiger partial charge in [-0.05, 0) is 31.9 Å². The molecule has 1 aromatic rings. The van der Waals surface area contributed by atoms with Crippen molar-refractivity contribution in [1.82, 2.24) is 0 Å². The van der Waals surface area contributed by atoms with Crippen molar-refractivity contribution in [2.75, 3.05) is 0 Å². The Morgan fingerprint density at radius 2 is 2.06 bits per heavy atom. The summed E-state index contributed by atoms with van der Waals surface area (Å²) >= 11 is 1.80. The van der Waals surface area contributed by atoms with Crippen molar-refractivity contribution < 1.29 is 4.39 Å². The van der Waals surface area contributed by atoms with Gasteiger partial charge in [0.05, 0.1) is 0 Å². The van der Waals surface area contributed by atoms with E-state index in [1.165, 1.54) is 31.7 Å². The minimum Gasteiger partial charge on any atom is -0.324 e. The average molecular weight is 239 g/mol. The molecule has 0 unspecified atom stereocenters. The van der Waals surface area contributed by atoms with Gasteiger partial charge in [0.1, 0.15) is 5.82 Å². The van der Waals surface area contributed by atoms with Gasteiger partial charge < -0.3 is 5.73 Å². The first-order valence-corrected chi connectivity index (χ1v) is 6.77. The summed E-state index contributed by atoms with van der Waals surface area (Å²) in [7, 11) is 0. The first-order valence-electron chi connectivity index (χ1n) is 5.89. The van der Waals surface area contributed by atoms with Crippen molar-refractivity contribution in [1.29, 1.82) is 0 Å². The molecule has 0 spiro atoms. The zero-order chi connectivity index (χ0) is 11.5. The van der Waals surface area contributed by atoms with Crippen LogP contribution in [-0.4, -0.2) is 5.25 Å². The quantitative estimate of drug-likeness (QED) is 0.866. The second-order valence-electron chi connectivity index (χ2n) is 4.46. The molecule has 1 atom stereocenters. The summed E-state index contributed by atoms with van der Waals surface area (Å²) in [5.74, 6) is -0.169. The number of hydrogen-bond acceptors (Lipinski definition) is 2. The molecule has 1 aliphatic rings. The molecule has 2 rings (SSSR count). The molecular weight excluding hydrogens is 221 g/mol. The van der Waals surface area contributed by atoms with Crippen LogP contribution in [0.4, 0.5) is 4.39 Å². The molecule has 1 aromatic carbocycles. The maximum absolute atomic E-state index is 13.7. The fourth-order valence-electron chi connectivity index (χ4n) is 2.25. The normalized spacial score (nSPS) is 18.9. The van der Waals surface area contributed by atoms with Crippen LogP contribution in [0.25, 0.3) is 0 Å². The summed E-state index contributed by atoms with van der Waals surface area (Å²) in [5.41, 5.74) is 6.52. The molecular formula is C13H18FNS. The minimum atomic E-state index is -0.231. The van der Waals surface area contributed by atoms with Crippen molar-refractivity contribution in [3.05, 3.63) is 29.6 Å². The third-order valence-corrected chi connectivity index (χ3v) is 4.48. The summed E-state index contributed by atoms with van der Waals surface area (Å²) in [6, 6.07) is 5.03. The fraction of sp³-hybridized carbons (Fsp3) is 0.538. The highest BCUT2D eigenvalue weighted by Crippen LogP contribution is 2.38. The molecule has 0 heterocycles. The Morgan fingerprint density at radius 1 is 1.38 bits per heavy atom. The molecule has 2 N–H and O–H groups in total. The zero-order valence-corrected chi connectivity index (χ0v) is 10.4. The highest BCUT2D eigenvalue weighted by molar-refractivity contribution is 8.00. The van der Waals surface area contributed by atoms with Crippen LogP contribution >= 0.6 is 11.8 Å². The molecule has 3 heteroatoms. The van der Waals surface area contributed by atoms with Gasteiger partial charge in [0.25, 0.3) is 0 Å². The number of rotatable bonds is 3. The summed E-state index contributed by atoms with van der Waals surface area (Å²) in [5, 5.41) is 0.652. The van der Waals surface area contributed by atoms with Gasteiger partial charge in [0.2, 0.25) is 0 Å². The highest BCUT2D eigenvalue weighted by Gasteiger charge is 2.20. The van der Waals surface area contributed by atoms with E-state index in [-0.39, 0.29) is 11.9 Å².